The van der Waals surface area contributed by atoms with Crippen LogP contribution in [0.2, 0.25) is 5.02 Å². The molecule has 0 unspecified atom stereocenters. The minimum absolute atomic E-state index is 0.0259. The third-order valence-electron chi connectivity index (χ3n) is 3.94. The summed E-state index contributed by atoms with van der Waals surface area (Å²) in [6.07, 6.45) is 6.49. The Kier molecular flexibility index (Phi) is 7.28. The molecule has 1 aromatic rings. The summed E-state index contributed by atoms with van der Waals surface area (Å²) in [4.78, 5) is 11.6. The summed E-state index contributed by atoms with van der Waals surface area (Å²) in [7, 11) is -3.62. The largest absolute Gasteiger partial charge is 0.482 e. The number of nitrogens with one attached hydrogen (secondary N) is 2. The molecule has 0 aliphatic heterocycles. The van der Waals surface area contributed by atoms with E-state index in [1.807, 2.05) is 0 Å². The summed E-state index contributed by atoms with van der Waals surface area (Å²) in [6, 6.07) is 4.19. The zero-order valence-corrected chi connectivity index (χ0v) is 15.5. The lowest BCUT2D eigenvalue weighted by Crippen LogP contribution is -2.36. The lowest BCUT2D eigenvalue weighted by atomic mass is 9.96. The van der Waals surface area contributed by atoms with Crippen LogP contribution >= 0.6 is 11.6 Å². The van der Waals surface area contributed by atoms with E-state index in [9.17, 15) is 13.2 Å². The first-order chi connectivity index (χ1) is 11.9. The van der Waals surface area contributed by atoms with E-state index in [1.54, 1.807) is 6.08 Å². The Morgan fingerprint density at radius 1 is 1.32 bits per heavy atom. The van der Waals surface area contributed by atoms with E-state index in [0.29, 0.717) is 6.54 Å². The fraction of sp³-hybridized carbons (Fsp3) is 0.471. The number of halogens is 1. The van der Waals surface area contributed by atoms with Crippen molar-refractivity contribution in [2.75, 3.05) is 13.2 Å². The Hall–Kier alpha value is -1.57. The van der Waals surface area contributed by atoms with Gasteiger partial charge in [0.15, 0.2) is 6.61 Å². The van der Waals surface area contributed by atoms with Crippen LogP contribution in [0.1, 0.15) is 32.1 Å². The topological polar surface area (TPSA) is 84.5 Å². The van der Waals surface area contributed by atoms with Gasteiger partial charge in [0.1, 0.15) is 5.75 Å². The van der Waals surface area contributed by atoms with Gasteiger partial charge in [0.05, 0.1) is 9.92 Å². The van der Waals surface area contributed by atoms with Crippen molar-refractivity contribution in [3.63, 3.8) is 0 Å². The molecule has 1 aromatic carbocycles. The van der Waals surface area contributed by atoms with Crippen LogP contribution < -0.4 is 14.8 Å². The standard InChI is InChI=1S/C17H23ClN2O4S/c1-2-10-19-17(21)12-24-16-9-8-14(11-15(16)18)25(22,23)20-13-6-4-3-5-7-13/h2,8-9,11,13,20H,1,3-7,10,12H2,(H,19,21). The van der Waals surface area contributed by atoms with Crippen LogP contribution in [-0.4, -0.2) is 33.5 Å². The van der Waals surface area contributed by atoms with Crippen molar-refractivity contribution in [1.29, 1.82) is 0 Å². The van der Waals surface area contributed by atoms with E-state index in [4.69, 9.17) is 16.3 Å². The van der Waals surface area contributed by atoms with Crippen LogP contribution in [-0.2, 0) is 14.8 Å². The Balaban J connectivity index is 1.99. The monoisotopic (exact) mass is 386 g/mol. The zero-order valence-electron chi connectivity index (χ0n) is 14.0. The van der Waals surface area contributed by atoms with E-state index >= 15 is 0 Å². The minimum atomic E-state index is -3.62. The van der Waals surface area contributed by atoms with Crippen molar-refractivity contribution in [2.45, 2.75) is 43.0 Å². The lowest BCUT2D eigenvalue weighted by Gasteiger charge is -2.22. The van der Waals surface area contributed by atoms with E-state index in [-0.39, 0.29) is 34.2 Å². The van der Waals surface area contributed by atoms with Crippen molar-refractivity contribution in [3.8, 4) is 5.75 Å². The Morgan fingerprint density at radius 3 is 2.68 bits per heavy atom. The number of rotatable bonds is 8. The number of benzene rings is 1. The highest BCUT2D eigenvalue weighted by Crippen LogP contribution is 2.28. The second-order valence-electron chi connectivity index (χ2n) is 5.93. The molecule has 1 fully saturated rings. The Bertz CT molecular complexity index is 715. The molecule has 138 valence electrons. The molecule has 1 aliphatic rings. The number of amides is 1. The molecule has 0 atom stereocenters. The minimum Gasteiger partial charge on any atom is -0.482 e. The summed E-state index contributed by atoms with van der Waals surface area (Å²) in [5.74, 6) is -0.0568. The van der Waals surface area contributed by atoms with Crippen molar-refractivity contribution < 1.29 is 17.9 Å². The maximum Gasteiger partial charge on any atom is 0.258 e. The quantitative estimate of drug-likeness (QED) is 0.672. The van der Waals surface area contributed by atoms with Crippen LogP contribution in [0.4, 0.5) is 0 Å². The van der Waals surface area contributed by atoms with Crippen LogP contribution in [0.25, 0.3) is 0 Å². The van der Waals surface area contributed by atoms with Gasteiger partial charge in [0, 0.05) is 12.6 Å². The molecule has 0 radical (unpaired) electrons. The van der Waals surface area contributed by atoms with Gasteiger partial charge in [0.25, 0.3) is 5.91 Å². The summed E-state index contributed by atoms with van der Waals surface area (Å²) < 4.78 is 33.0. The first-order valence-corrected chi connectivity index (χ1v) is 10.1. The molecule has 2 rings (SSSR count). The van der Waals surface area contributed by atoms with Gasteiger partial charge >= 0.3 is 0 Å². The number of sulfonamides is 1. The molecule has 0 aromatic heterocycles. The Morgan fingerprint density at radius 2 is 2.04 bits per heavy atom. The zero-order chi connectivity index (χ0) is 18.3. The SMILES string of the molecule is C=CCNC(=O)COc1ccc(S(=O)(=O)NC2CCCCC2)cc1Cl. The highest BCUT2D eigenvalue weighted by atomic mass is 35.5. The van der Waals surface area contributed by atoms with E-state index in [1.165, 1.54) is 18.2 Å². The van der Waals surface area contributed by atoms with Gasteiger partial charge in [-0.15, -0.1) is 6.58 Å². The van der Waals surface area contributed by atoms with Gasteiger partial charge in [-0.1, -0.05) is 36.9 Å². The third kappa shape index (κ3) is 6.02. The van der Waals surface area contributed by atoms with E-state index in [0.717, 1.165) is 32.1 Å². The molecule has 8 heteroatoms. The number of carbonyl (C=O) groups is 1. The summed E-state index contributed by atoms with van der Waals surface area (Å²) in [5.41, 5.74) is 0. The van der Waals surface area contributed by atoms with E-state index < -0.39 is 10.0 Å². The molecule has 1 aliphatic carbocycles. The predicted molar refractivity (Wildman–Crippen MR) is 97.3 cm³/mol. The summed E-state index contributed by atoms with van der Waals surface area (Å²) in [5, 5.41) is 2.71. The fourth-order valence-electron chi connectivity index (χ4n) is 2.65. The highest BCUT2D eigenvalue weighted by molar-refractivity contribution is 7.89. The molecule has 1 saturated carbocycles. The van der Waals surface area contributed by atoms with Crippen LogP contribution in [0.15, 0.2) is 35.7 Å². The molecule has 1 amide bonds. The van der Waals surface area contributed by atoms with Crippen molar-refractivity contribution in [1.82, 2.24) is 10.0 Å². The van der Waals surface area contributed by atoms with Gasteiger partial charge in [0.2, 0.25) is 10.0 Å². The molecular formula is C17H23ClN2O4S. The smallest absolute Gasteiger partial charge is 0.258 e. The lowest BCUT2D eigenvalue weighted by molar-refractivity contribution is -0.122. The summed E-state index contributed by atoms with van der Waals surface area (Å²) in [6.45, 7) is 3.64. The van der Waals surface area contributed by atoms with Gasteiger partial charge in [-0.3, -0.25) is 4.79 Å². The van der Waals surface area contributed by atoms with Gasteiger partial charge in [-0.05, 0) is 31.0 Å². The molecule has 0 heterocycles. The van der Waals surface area contributed by atoms with Gasteiger partial charge in [-0.25, -0.2) is 13.1 Å². The highest BCUT2D eigenvalue weighted by Gasteiger charge is 2.22. The first-order valence-electron chi connectivity index (χ1n) is 8.24. The number of hydrogen-bond donors (Lipinski definition) is 2. The van der Waals surface area contributed by atoms with Crippen LogP contribution in [0, 0.1) is 0 Å². The molecular weight excluding hydrogens is 364 g/mol. The molecule has 6 nitrogen and oxygen atoms in total. The average Bonchev–Trinajstić information content (AvgIpc) is 2.59. The number of hydrogen-bond acceptors (Lipinski definition) is 4. The van der Waals surface area contributed by atoms with Gasteiger partial charge < -0.3 is 10.1 Å². The van der Waals surface area contributed by atoms with Crippen molar-refractivity contribution in [3.05, 3.63) is 35.9 Å². The number of carbonyl (C=O) groups excluding carboxylic acids is 1. The average molecular weight is 387 g/mol. The molecule has 25 heavy (non-hydrogen) atoms. The fourth-order valence-corrected chi connectivity index (χ4v) is 4.28. The first kappa shape index (κ1) is 19.8. The van der Waals surface area contributed by atoms with E-state index in [2.05, 4.69) is 16.6 Å². The number of ether oxygens (including phenoxy) is 1. The van der Waals surface area contributed by atoms with Crippen LogP contribution in [0.3, 0.4) is 0 Å². The van der Waals surface area contributed by atoms with Gasteiger partial charge in [-0.2, -0.15) is 0 Å². The second-order valence-corrected chi connectivity index (χ2v) is 8.05. The Labute approximate surface area is 153 Å². The maximum atomic E-state index is 12.5. The predicted octanol–water partition coefficient (Wildman–Crippen LogP) is 2.63. The van der Waals surface area contributed by atoms with Crippen molar-refractivity contribution in [2.24, 2.45) is 0 Å². The van der Waals surface area contributed by atoms with Crippen molar-refractivity contribution >= 4 is 27.5 Å². The van der Waals surface area contributed by atoms with Crippen LogP contribution in [0.5, 0.6) is 5.75 Å². The maximum absolute atomic E-state index is 12.5. The molecule has 2 N–H and O–H groups in total. The molecule has 0 bridgehead atoms. The second kappa shape index (κ2) is 9.22. The third-order valence-corrected chi connectivity index (χ3v) is 5.76. The molecule has 0 saturated heterocycles. The molecule has 0 spiro atoms. The summed E-state index contributed by atoms with van der Waals surface area (Å²) >= 11 is 6.10. The normalized spacial score (nSPS) is 15.6.